The van der Waals surface area contributed by atoms with Gasteiger partial charge in [0.05, 0.1) is 4.90 Å². The standard InChI is InChI=1S/C17H16F3N5O3S/c18-17(19,20)11-21-16(26)12-4-6-13(7-5-12)29(27,28)22-9-8-15-24-23-14-3-1-2-10-25(14)15/h1-7,10,22H,8-9,11H2,(H,21,26). The van der Waals surface area contributed by atoms with Gasteiger partial charge in [-0.1, -0.05) is 6.07 Å². The predicted octanol–water partition coefficient (Wildman–Crippen LogP) is 1.54. The smallest absolute Gasteiger partial charge is 0.343 e. The van der Waals surface area contributed by atoms with E-state index in [4.69, 9.17) is 0 Å². The van der Waals surface area contributed by atoms with E-state index in [1.165, 1.54) is 0 Å². The zero-order chi connectivity index (χ0) is 21.1. The van der Waals surface area contributed by atoms with E-state index in [9.17, 15) is 26.4 Å². The third kappa shape index (κ3) is 5.29. The number of hydrogen-bond acceptors (Lipinski definition) is 5. The lowest BCUT2D eigenvalue weighted by molar-refractivity contribution is -0.123. The molecule has 0 fully saturated rings. The second-order valence-corrected chi connectivity index (χ2v) is 7.78. The zero-order valence-corrected chi connectivity index (χ0v) is 15.7. The highest BCUT2D eigenvalue weighted by Crippen LogP contribution is 2.14. The lowest BCUT2D eigenvalue weighted by atomic mass is 10.2. The maximum atomic E-state index is 12.4. The van der Waals surface area contributed by atoms with Gasteiger partial charge in [0.15, 0.2) is 5.65 Å². The molecule has 12 heteroatoms. The van der Waals surface area contributed by atoms with Crippen LogP contribution in [0.1, 0.15) is 16.2 Å². The van der Waals surface area contributed by atoms with Gasteiger partial charge >= 0.3 is 6.18 Å². The van der Waals surface area contributed by atoms with Crippen LogP contribution in [-0.4, -0.2) is 48.2 Å². The molecule has 0 aliphatic heterocycles. The summed E-state index contributed by atoms with van der Waals surface area (Å²) >= 11 is 0. The number of carbonyl (C=O) groups excluding carboxylic acids is 1. The number of amides is 1. The van der Waals surface area contributed by atoms with E-state index in [1.54, 1.807) is 28.0 Å². The van der Waals surface area contributed by atoms with Gasteiger partial charge in [0, 0.05) is 24.7 Å². The molecule has 0 saturated heterocycles. The van der Waals surface area contributed by atoms with Gasteiger partial charge in [0.25, 0.3) is 5.91 Å². The van der Waals surface area contributed by atoms with E-state index < -0.39 is 28.7 Å². The Morgan fingerprint density at radius 2 is 1.79 bits per heavy atom. The molecule has 2 N–H and O–H groups in total. The number of pyridine rings is 1. The van der Waals surface area contributed by atoms with Gasteiger partial charge < -0.3 is 5.32 Å². The summed E-state index contributed by atoms with van der Waals surface area (Å²) < 4.78 is 65.3. The van der Waals surface area contributed by atoms with Crippen molar-refractivity contribution in [1.82, 2.24) is 24.6 Å². The van der Waals surface area contributed by atoms with E-state index in [2.05, 4.69) is 14.9 Å². The van der Waals surface area contributed by atoms with Crippen LogP contribution in [0.3, 0.4) is 0 Å². The minimum Gasteiger partial charge on any atom is -0.343 e. The van der Waals surface area contributed by atoms with Crippen LogP contribution in [0.2, 0.25) is 0 Å². The van der Waals surface area contributed by atoms with E-state index in [0.29, 0.717) is 17.9 Å². The molecule has 29 heavy (non-hydrogen) atoms. The number of carbonyl (C=O) groups is 1. The van der Waals surface area contributed by atoms with Crippen LogP contribution < -0.4 is 10.0 Å². The number of aromatic nitrogens is 3. The first-order valence-electron chi connectivity index (χ1n) is 8.39. The maximum Gasteiger partial charge on any atom is 0.405 e. The fourth-order valence-corrected chi connectivity index (χ4v) is 3.54. The summed E-state index contributed by atoms with van der Waals surface area (Å²) in [6.45, 7) is -1.41. The second-order valence-electron chi connectivity index (χ2n) is 6.02. The van der Waals surface area contributed by atoms with Crippen LogP contribution in [0.15, 0.2) is 53.6 Å². The third-order valence-electron chi connectivity index (χ3n) is 3.90. The number of nitrogens with zero attached hydrogens (tertiary/aromatic N) is 3. The monoisotopic (exact) mass is 427 g/mol. The van der Waals surface area contributed by atoms with Crippen molar-refractivity contribution in [1.29, 1.82) is 0 Å². The molecule has 0 unspecified atom stereocenters. The molecule has 0 spiro atoms. The quantitative estimate of drug-likeness (QED) is 0.595. The molecule has 0 atom stereocenters. The molecule has 3 rings (SSSR count). The Kier molecular flexibility index (Phi) is 5.84. The lowest BCUT2D eigenvalue weighted by Crippen LogP contribution is -2.33. The summed E-state index contributed by atoms with van der Waals surface area (Å²) in [5.41, 5.74) is 0.563. The van der Waals surface area contributed by atoms with Crippen molar-refractivity contribution in [3.8, 4) is 0 Å². The van der Waals surface area contributed by atoms with Crippen LogP contribution in [0.25, 0.3) is 5.65 Å². The van der Waals surface area contributed by atoms with Gasteiger partial charge in [-0.15, -0.1) is 10.2 Å². The van der Waals surface area contributed by atoms with Gasteiger partial charge in [0.2, 0.25) is 10.0 Å². The van der Waals surface area contributed by atoms with Gasteiger partial charge in [-0.3, -0.25) is 9.20 Å². The average Bonchev–Trinajstić information content (AvgIpc) is 3.09. The normalized spacial score (nSPS) is 12.2. The predicted molar refractivity (Wildman–Crippen MR) is 96.7 cm³/mol. The van der Waals surface area contributed by atoms with Crippen molar-refractivity contribution in [2.24, 2.45) is 0 Å². The lowest BCUT2D eigenvalue weighted by Gasteiger charge is -2.09. The molecule has 0 aliphatic rings. The van der Waals surface area contributed by atoms with Crippen molar-refractivity contribution in [3.05, 3.63) is 60.0 Å². The third-order valence-corrected chi connectivity index (χ3v) is 5.38. The minimum atomic E-state index is -4.53. The number of halogens is 3. The first-order chi connectivity index (χ1) is 13.7. The summed E-state index contributed by atoms with van der Waals surface area (Å²) in [7, 11) is -3.86. The molecule has 2 aromatic heterocycles. The number of fused-ring (bicyclic) bond motifs is 1. The van der Waals surface area contributed by atoms with Crippen LogP contribution in [-0.2, 0) is 16.4 Å². The number of benzene rings is 1. The molecule has 3 aromatic rings. The topological polar surface area (TPSA) is 105 Å². The minimum absolute atomic E-state index is 0.0614. The molecular weight excluding hydrogens is 411 g/mol. The first kappa shape index (κ1) is 20.7. The van der Waals surface area contributed by atoms with Gasteiger partial charge in [-0.2, -0.15) is 13.2 Å². The Bertz CT molecular complexity index is 1110. The van der Waals surface area contributed by atoms with Crippen molar-refractivity contribution in [2.75, 3.05) is 13.1 Å². The fourth-order valence-electron chi connectivity index (χ4n) is 2.51. The van der Waals surface area contributed by atoms with Crippen molar-refractivity contribution >= 4 is 21.6 Å². The van der Waals surface area contributed by atoms with Crippen molar-refractivity contribution < 1.29 is 26.4 Å². The molecule has 2 heterocycles. The van der Waals surface area contributed by atoms with Crippen LogP contribution in [0.4, 0.5) is 13.2 Å². The molecule has 1 aromatic carbocycles. The Labute approximate surface area is 163 Å². The van der Waals surface area contributed by atoms with Crippen molar-refractivity contribution in [3.63, 3.8) is 0 Å². The number of nitrogens with one attached hydrogen (secondary N) is 2. The summed E-state index contributed by atoms with van der Waals surface area (Å²) in [5.74, 6) is -0.363. The van der Waals surface area contributed by atoms with E-state index in [-0.39, 0.29) is 17.0 Å². The highest BCUT2D eigenvalue weighted by atomic mass is 32.2. The Morgan fingerprint density at radius 1 is 1.07 bits per heavy atom. The molecule has 0 aliphatic carbocycles. The second kappa shape index (κ2) is 8.17. The average molecular weight is 427 g/mol. The number of rotatable bonds is 7. The summed E-state index contributed by atoms with van der Waals surface area (Å²) in [6.07, 6.45) is -2.47. The maximum absolute atomic E-state index is 12.4. The highest BCUT2D eigenvalue weighted by Gasteiger charge is 2.28. The Hall–Kier alpha value is -2.99. The van der Waals surface area contributed by atoms with Gasteiger partial charge in [-0.05, 0) is 36.4 Å². The van der Waals surface area contributed by atoms with Crippen LogP contribution >= 0.6 is 0 Å². The molecular formula is C17H16F3N5O3S. The largest absolute Gasteiger partial charge is 0.405 e. The van der Waals surface area contributed by atoms with Crippen molar-refractivity contribution in [2.45, 2.75) is 17.5 Å². The van der Waals surface area contributed by atoms with Crippen LogP contribution in [0.5, 0.6) is 0 Å². The molecule has 1 amide bonds. The molecule has 0 radical (unpaired) electrons. The van der Waals surface area contributed by atoms with E-state index in [0.717, 1.165) is 24.3 Å². The van der Waals surface area contributed by atoms with Crippen LogP contribution in [0, 0.1) is 0 Å². The summed E-state index contributed by atoms with van der Waals surface area (Å²) in [6, 6.07) is 9.97. The SMILES string of the molecule is O=C(NCC(F)(F)F)c1ccc(S(=O)(=O)NCCc2nnc3ccccn23)cc1. The first-order valence-corrected chi connectivity index (χ1v) is 9.87. The number of alkyl halides is 3. The molecule has 0 saturated carbocycles. The fraction of sp³-hybridized carbons (Fsp3) is 0.235. The zero-order valence-electron chi connectivity index (χ0n) is 14.8. The molecule has 8 nitrogen and oxygen atoms in total. The van der Waals surface area contributed by atoms with Gasteiger partial charge in [-0.25, -0.2) is 13.1 Å². The highest BCUT2D eigenvalue weighted by molar-refractivity contribution is 7.89. The van der Waals surface area contributed by atoms with E-state index in [1.807, 2.05) is 6.07 Å². The number of sulfonamides is 1. The molecule has 154 valence electrons. The molecule has 0 bridgehead atoms. The summed E-state index contributed by atoms with van der Waals surface area (Å²) in [4.78, 5) is 11.6. The van der Waals surface area contributed by atoms with Gasteiger partial charge in [0.1, 0.15) is 12.4 Å². The van der Waals surface area contributed by atoms with E-state index >= 15 is 0 Å². The number of hydrogen-bond donors (Lipinski definition) is 2. The summed E-state index contributed by atoms with van der Waals surface area (Å²) in [5, 5.41) is 9.70. The Balaban J connectivity index is 1.60. The Morgan fingerprint density at radius 3 is 2.48 bits per heavy atom.